The molecule has 0 amide bonds. The lowest BCUT2D eigenvalue weighted by molar-refractivity contribution is 0.0509. The van der Waals surface area contributed by atoms with Crippen molar-refractivity contribution >= 4 is 45.6 Å². The monoisotopic (exact) mass is 371 g/mol. The second kappa shape index (κ2) is 8.91. The third-order valence-electron chi connectivity index (χ3n) is 4.62. The lowest BCUT2D eigenvalue weighted by Crippen LogP contribution is -2.21. The van der Waals surface area contributed by atoms with Crippen molar-refractivity contribution in [1.29, 1.82) is 0 Å². The van der Waals surface area contributed by atoms with Gasteiger partial charge in [0.1, 0.15) is 0 Å². The Bertz CT molecular complexity index is 903. The summed E-state index contributed by atoms with van der Waals surface area (Å²) in [5.41, 5.74) is 1.81. The van der Waals surface area contributed by atoms with Crippen LogP contribution in [0.3, 0.4) is 0 Å². The third kappa shape index (κ3) is 3.78. The van der Waals surface area contributed by atoms with E-state index in [-0.39, 0.29) is 18.4 Å². The molecule has 3 rings (SSSR count). The zero-order valence-corrected chi connectivity index (χ0v) is 16.4. The van der Waals surface area contributed by atoms with Crippen molar-refractivity contribution in [2.24, 2.45) is 0 Å². The molecule has 138 valence electrons. The maximum absolute atomic E-state index is 12.8. The van der Waals surface area contributed by atoms with Crippen molar-refractivity contribution in [2.45, 2.75) is 27.2 Å². The van der Waals surface area contributed by atoms with Gasteiger partial charge in [-0.05, 0) is 60.0 Å². The fourth-order valence-electron chi connectivity index (χ4n) is 3.32. The van der Waals surface area contributed by atoms with Crippen LogP contribution < -0.4 is 4.90 Å². The maximum Gasteiger partial charge on any atom is 0.339 e. The molecule has 0 spiro atoms. The maximum atomic E-state index is 12.8. The van der Waals surface area contributed by atoms with Crippen LogP contribution in [0.4, 0.5) is 5.69 Å². The van der Waals surface area contributed by atoms with Crippen LogP contribution in [-0.2, 0) is 4.74 Å². The summed E-state index contributed by atoms with van der Waals surface area (Å²) in [5.74, 6) is -0.236. The van der Waals surface area contributed by atoms with E-state index in [1.54, 1.807) is 0 Å². The first-order chi connectivity index (χ1) is 12.2. The third-order valence-corrected chi connectivity index (χ3v) is 4.62. The first-order valence-electron chi connectivity index (χ1n) is 9.07. The summed E-state index contributed by atoms with van der Waals surface area (Å²) < 4.78 is 5.49. The van der Waals surface area contributed by atoms with Gasteiger partial charge in [0.25, 0.3) is 0 Å². The zero-order valence-electron chi connectivity index (χ0n) is 15.6. The number of rotatable bonds is 6. The van der Waals surface area contributed by atoms with Crippen molar-refractivity contribution in [3.8, 4) is 0 Å². The average Bonchev–Trinajstić information content (AvgIpc) is 2.65. The number of anilines is 1. The van der Waals surface area contributed by atoms with Gasteiger partial charge in [0, 0.05) is 18.8 Å². The number of benzene rings is 3. The topological polar surface area (TPSA) is 29.5 Å². The van der Waals surface area contributed by atoms with Crippen molar-refractivity contribution < 1.29 is 9.53 Å². The number of esters is 1. The molecule has 0 atom stereocenters. The summed E-state index contributed by atoms with van der Waals surface area (Å²) in [6.45, 7) is 8.61. The molecule has 3 aromatic carbocycles. The van der Waals surface area contributed by atoms with Crippen LogP contribution in [0.25, 0.3) is 21.5 Å². The minimum atomic E-state index is -0.236. The predicted octanol–water partition coefficient (Wildman–Crippen LogP) is 5.83. The second-order valence-electron chi connectivity index (χ2n) is 6.19. The number of carbonyl (C=O) groups is 1. The van der Waals surface area contributed by atoms with Crippen LogP contribution in [0, 0.1) is 0 Å². The van der Waals surface area contributed by atoms with Gasteiger partial charge in [-0.2, -0.15) is 0 Å². The van der Waals surface area contributed by atoms with Gasteiger partial charge in [-0.15, -0.1) is 12.4 Å². The van der Waals surface area contributed by atoms with E-state index in [1.165, 1.54) is 0 Å². The van der Waals surface area contributed by atoms with E-state index in [0.717, 1.165) is 46.7 Å². The van der Waals surface area contributed by atoms with E-state index < -0.39 is 0 Å². The van der Waals surface area contributed by atoms with Crippen molar-refractivity contribution in [3.63, 3.8) is 0 Å². The molecule has 0 aliphatic carbocycles. The number of hydrogen-bond acceptors (Lipinski definition) is 3. The molecule has 0 unspecified atom stereocenters. The molecule has 4 heteroatoms. The van der Waals surface area contributed by atoms with Crippen molar-refractivity contribution in [2.75, 3.05) is 24.6 Å². The Hall–Kier alpha value is -2.26. The van der Waals surface area contributed by atoms with Crippen LogP contribution in [0.2, 0.25) is 0 Å². The molecule has 0 fully saturated rings. The minimum absolute atomic E-state index is 0. The van der Waals surface area contributed by atoms with E-state index in [0.29, 0.717) is 12.2 Å². The normalized spacial score (nSPS) is 10.6. The average molecular weight is 372 g/mol. The van der Waals surface area contributed by atoms with Gasteiger partial charge in [0.05, 0.1) is 12.2 Å². The molecular weight excluding hydrogens is 346 g/mol. The SMILES string of the molecule is CCCOC(=O)c1c2ccccc2cc2ccc(N(CC)CC)cc12.Cl. The predicted molar refractivity (Wildman–Crippen MR) is 113 cm³/mol. The highest BCUT2D eigenvalue weighted by atomic mass is 35.5. The lowest BCUT2D eigenvalue weighted by Gasteiger charge is -2.22. The Balaban J connectivity index is 0.00000243. The summed E-state index contributed by atoms with van der Waals surface area (Å²) in [5, 5.41) is 4.05. The van der Waals surface area contributed by atoms with Crippen LogP contribution >= 0.6 is 12.4 Å². The molecule has 3 nitrogen and oxygen atoms in total. The number of fused-ring (bicyclic) bond motifs is 2. The molecule has 0 heterocycles. The van der Waals surface area contributed by atoms with Crippen LogP contribution in [0.15, 0.2) is 48.5 Å². The Labute approximate surface area is 161 Å². The van der Waals surface area contributed by atoms with Crippen LogP contribution in [0.5, 0.6) is 0 Å². The molecule has 0 radical (unpaired) electrons. The Kier molecular flexibility index (Phi) is 6.87. The van der Waals surface area contributed by atoms with Gasteiger partial charge >= 0.3 is 5.97 Å². The standard InChI is InChI=1S/C22H25NO2.ClH/c1-4-13-25-22(24)21-19-10-8-7-9-16(19)14-17-11-12-18(15-20(17)21)23(5-2)6-3;/h7-12,14-15H,4-6,13H2,1-3H3;1H. The first-order valence-corrected chi connectivity index (χ1v) is 9.07. The molecule has 0 saturated carbocycles. The largest absolute Gasteiger partial charge is 0.462 e. The van der Waals surface area contributed by atoms with E-state index in [4.69, 9.17) is 4.74 Å². The van der Waals surface area contributed by atoms with E-state index >= 15 is 0 Å². The quantitative estimate of drug-likeness (QED) is 0.403. The second-order valence-corrected chi connectivity index (χ2v) is 6.19. The van der Waals surface area contributed by atoms with Crippen molar-refractivity contribution in [1.82, 2.24) is 0 Å². The lowest BCUT2D eigenvalue weighted by atomic mass is 9.96. The summed E-state index contributed by atoms with van der Waals surface area (Å²) in [4.78, 5) is 15.1. The molecule has 3 aromatic rings. The number of ether oxygens (including phenoxy) is 1. The highest BCUT2D eigenvalue weighted by Crippen LogP contribution is 2.32. The fourth-order valence-corrected chi connectivity index (χ4v) is 3.32. The molecule has 0 aliphatic rings. The van der Waals surface area contributed by atoms with Gasteiger partial charge in [-0.1, -0.05) is 37.3 Å². The van der Waals surface area contributed by atoms with Crippen LogP contribution in [0.1, 0.15) is 37.6 Å². The summed E-state index contributed by atoms with van der Waals surface area (Å²) >= 11 is 0. The molecule has 0 aromatic heterocycles. The smallest absolute Gasteiger partial charge is 0.339 e. The molecule has 26 heavy (non-hydrogen) atoms. The minimum Gasteiger partial charge on any atom is -0.462 e. The highest BCUT2D eigenvalue weighted by molar-refractivity contribution is 6.17. The Morgan fingerprint density at radius 2 is 1.62 bits per heavy atom. The van der Waals surface area contributed by atoms with E-state index in [2.05, 4.69) is 43.0 Å². The van der Waals surface area contributed by atoms with Gasteiger partial charge in [-0.3, -0.25) is 0 Å². The summed E-state index contributed by atoms with van der Waals surface area (Å²) in [7, 11) is 0. The molecule has 0 saturated heterocycles. The fraction of sp³-hybridized carbons (Fsp3) is 0.318. The highest BCUT2D eigenvalue weighted by Gasteiger charge is 2.17. The zero-order chi connectivity index (χ0) is 17.8. The van der Waals surface area contributed by atoms with E-state index in [1.807, 2.05) is 31.2 Å². The van der Waals surface area contributed by atoms with Gasteiger partial charge in [0.15, 0.2) is 0 Å². The first kappa shape index (κ1) is 20.1. The van der Waals surface area contributed by atoms with Gasteiger partial charge < -0.3 is 9.64 Å². The van der Waals surface area contributed by atoms with Crippen molar-refractivity contribution in [3.05, 3.63) is 54.1 Å². The molecule has 0 N–H and O–H groups in total. The van der Waals surface area contributed by atoms with Gasteiger partial charge in [-0.25, -0.2) is 4.79 Å². The summed E-state index contributed by atoms with van der Waals surface area (Å²) in [6.07, 6.45) is 0.819. The molecule has 0 bridgehead atoms. The number of nitrogens with zero attached hydrogens (tertiary/aromatic N) is 1. The number of halogens is 1. The summed E-state index contributed by atoms with van der Waals surface area (Å²) in [6, 6.07) is 16.5. The van der Waals surface area contributed by atoms with Crippen LogP contribution in [-0.4, -0.2) is 25.7 Å². The number of carbonyl (C=O) groups excluding carboxylic acids is 1. The Morgan fingerprint density at radius 1 is 0.923 bits per heavy atom. The molecular formula is C22H26ClNO2. The van der Waals surface area contributed by atoms with Gasteiger partial charge in [0.2, 0.25) is 0 Å². The number of hydrogen-bond donors (Lipinski definition) is 0. The molecule has 0 aliphatic heterocycles. The Morgan fingerprint density at radius 3 is 2.31 bits per heavy atom. The van der Waals surface area contributed by atoms with E-state index in [9.17, 15) is 4.79 Å².